The van der Waals surface area contributed by atoms with E-state index in [1.165, 1.54) is 0 Å². The van der Waals surface area contributed by atoms with Gasteiger partial charge in [-0.3, -0.25) is 0 Å². The lowest BCUT2D eigenvalue weighted by molar-refractivity contribution is 0.499. The van der Waals surface area contributed by atoms with Crippen LogP contribution >= 0.6 is 0 Å². The second kappa shape index (κ2) is 7.31. The molecule has 4 nitrogen and oxygen atoms in total. The van der Waals surface area contributed by atoms with Gasteiger partial charge in [0.15, 0.2) is 0 Å². The lowest BCUT2D eigenvalue weighted by atomic mass is 10.1. The van der Waals surface area contributed by atoms with E-state index < -0.39 is 0 Å². The Labute approximate surface area is 111 Å². The number of hydrogen-bond acceptors (Lipinski definition) is 4. The van der Waals surface area contributed by atoms with Crippen LogP contribution in [0.1, 0.15) is 39.7 Å². The monoisotopic (exact) mass is 250 g/mol. The molecule has 1 atom stereocenters. The quantitative estimate of drug-likeness (QED) is 0.755. The highest BCUT2D eigenvalue weighted by molar-refractivity contribution is 5.30. The van der Waals surface area contributed by atoms with Crippen LogP contribution in [-0.2, 0) is 6.54 Å². The molecule has 0 aliphatic rings. The normalized spacial score (nSPS) is 12.8. The Morgan fingerprint density at radius 2 is 1.83 bits per heavy atom. The van der Waals surface area contributed by atoms with Gasteiger partial charge in [0.2, 0.25) is 5.95 Å². The molecule has 0 aliphatic heterocycles. The predicted octanol–water partition coefficient (Wildman–Crippen LogP) is 2.46. The van der Waals surface area contributed by atoms with Crippen molar-refractivity contribution in [2.75, 3.05) is 18.5 Å². The highest BCUT2D eigenvalue weighted by Crippen LogP contribution is 2.14. The molecular weight excluding hydrogens is 224 g/mol. The van der Waals surface area contributed by atoms with Crippen molar-refractivity contribution in [3.05, 3.63) is 18.0 Å². The topological polar surface area (TPSA) is 41.1 Å². The summed E-state index contributed by atoms with van der Waals surface area (Å²) in [4.78, 5) is 11.0. The summed E-state index contributed by atoms with van der Waals surface area (Å²) in [5.41, 5.74) is 1.14. The number of anilines is 1. The minimum Gasteiger partial charge on any atom is -0.341 e. The van der Waals surface area contributed by atoms with Crippen molar-refractivity contribution in [3.63, 3.8) is 0 Å². The molecule has 0 bridgehead atoms. The summed E-state index contributed by atoms with van der Waals surface area (Å²) in [6.45, 7) is 10.7. The van der Waals surface area contributed by atoms with Crippen molar-refractivity contribution in [1.82, 2.24) is 15.3 Å². The van der Waals surface area contributed by atoms with Gasteiger partial charge in [-0.2, -0.15) is 0 Å². The van der Waals surface area contributed by atoms with Crippen molar-refractivity contribution < 1.29 is 0 Å². The maximum atomic E-state index is 4.44. The van der Waals surface area contributed by atoms with Crippen molar-refractivity contribution >= 4 is 5.95 Å². The average Bonchev–Trinajstić information content (AvgIpc) is 2.38. The zero-order valence-electron chi connectivity index (χ0n) is 12.3. The SMILES string of the molecule is CCCNCc1cnc(N(C)C(C)C(C)C)nc1. The molecule has 1 aromatic heterocycles. The van der Waals surface area contributed by atoms with Gasteiger partial charge < -0.3 is 10.2 Å². The first kappa shape index (κ1) is 14.9. The molecule has 1 N–H and O–H groups in total. The zero-order valence-corrected chi connectivity index (χ0v) is 12.3. The van der Waals surface area contributed by atoms with Crippen LogP contribution in [0.15, 0.2) is 12.4 Å². The Morgan fingerprint density at radius 1 is 1.22 bits per heavy atom. The molecule has 0 aromatic carbocycles. The molecule has 0 amide bonds. The summed E-state index contributed by atoms with van der Waals surface area (Å²) >= 11 is 0. The highest BCUT2D eigenvalue weighted by Gasteiger charge is 2.15. The standard InChI is InChI=1S/C14H26N4/c1-6-7-15-8-13-9-16-14(17-10-13)18(5)12(4)11(2)3/h9-12,15H,6-8H2,1-5H3. The fraction of sp³-hybridized carbons (Fsp3) is 0.714. The molecule has 18 heavy (non-hydrogen) atoms. The number of nitrogens with one attached hydrogen (secondary N) is 1. The molecule has 0 saturated carbocycles. The Balaban J connectivity index is 2.59. The summed E-state index contributed by atoms with van der Waals surface area (Å²) < 4.78 is 0. The summed E-state index contributed by atoms with van der Waals surface area (Å²) in [5.74, 6) is 1.39. The summed E-state index contributed by atoms with van der Waals surface area (Å²) in [6, 6.07) is 0.439. The zero-order chi connectivity index (χ0) is 13.5. The molecule has 102 valence electrons. The number of nitrogens with zero attached hydrogens (tertiary/aromatic N) is 3. The maximum Gasteiger partial charge on any atom is 0.225 e. The molecule has 0 radical (unpaired) electrons. The van der Waals surface area contributed by atoms with Gasteiger partial charge in [-0.05, 0) is 25.8 Å². The molecule has 1 heterocycles. The first-order valence-corrected chi connectivity index (χ1v) is 6.80. The molecule has 0 aliphatic carbocycles. The van der Waals surface area contributed by atoms with E-state index in [1.807, 2.05) is 12.4 Å². The molecular formula is C14H26N4. The molecule has 1 aromatic rings. The van der Waals surface area contributed by atoms with Gasteiger partial charge in [-0.1, -0.05) is 20.8 Å². The van der Waals surface area contributed by atoms with Gasteiger partial charge >= 0.3 is 0 Å². The van der Waals surface area contributed by atoms with E-state index in [2.05, 4.69) is 54.9 Å². The molecule has 4 heteroatoms. The van der Waals surface area contributed by atoms with Crippen molar-refractivity contribution in [3.8, 4) is 0 Å². The smallest absolute Gasteiger partial charge is 0.225 e. The fourth-order valence-corrected chi connectivity index (χ4v) is 1.66. The molecule has 1 rings (SSSR count). The average molecular weight is 250 g/mol. The third-order valence-corrected chi connectivity index (χ3v) is 3.34. The maximum absolute atomic E-state index is 4.44. The van der Waals surface area contributed by atoms with E-state index in [0.29, 0.717) is 12.0 Å². The molecule has 0 fully saturated rings. The lowest BCUT2D eigenvalue weighted by Gasteiger charge is -2.27. The van der Waals surface area contributed by atoms with Crippen molar-refractivity contribution in [2.45, 2.75) is 46.7 Å². The number of aromatic nitrogens is 2. The van der Waals surface area contributed by atoms with E-state index in [4.69, 9.17) is 0 Å². The van der Waals surface area contributed by atoms with Crippen LogP contribution in [0.25, 0.3) is 0 Å². The number of hydrogen-bond donors (Lipinski definition) is 1. The molecule has 0 spiro atoms. The van der Waals surface area contributed by atoms with Gasteiger partial charge in [0.1, 0.15) is 0 Å². The predicted molar refractivity (Wildman–Crippen MR) is 76.7 cm³/mol. The van der Waals surface area contributed by atoms with Crippen LogP contribution in [0.2, 0.25) is 0 Å². The Kier molecular flexibility index (Phi) is 6.05. The van der Waals surface area contributed by atoms with E-state index in [-0.39, 0.29) is 0 Å². The molecule has 1 unspecified atom stereocenters. The van der Waals surface area contributed by atoms with Crippen LogP contribution in [0.3, 0.4) is 0 Å². The van der Waals surface area contributed by atoms with Crippen LogP contribution in [0.4, 0.5) is 5.95 Å². The van der Waals surface area contributed by atoms with Crippen LogP contribution in [0, 0.1) is 5.92 Å². The van der Waals surface area contributed by atoms with Crippen LogP contribution in [0.5, 0.6) is 0 Å². The summed E-state index contributed by atoms with van der Waals surface area (Å²) in [6.07, 6.45) is 4.97. The summed E-state index contributed by atoms with van der Waals surface area (Å²) in [5, 5.41) is 3.35. The van der Waals surface area contributed by atoms with Crippen LogP contribution < -0.4 is 10.2 Å². The fourth-order valence-electron chi connectivity index (χ4n) is 1.66. The Bertz CT molecular complexity index is 334. The van der Waals surface area contributed by atoms with E-state index in [9.17, 15) is 0 Å². The minimum atomic E-state index is 0.439. The lowest BCUT2D eigenvalue weighted by Crippen LogP contribution is -2.34. The minimum absolute atomic E-state index is 0.439. The van der Waals surface area contributed by atoms with Gasteiger partial charge in [0.25, 0.3) is 0 Å². The second-order valence-corrected chi connectivity index (χ2v) is 5.16. The van der Waals surface area contributed by atoms with Gasteiger partial charge in [-0.25, -0.2) is 9.97 Å². The third kappa shape index (κ3) is 4.26. The Hall–Kier alpha value is -1.16. The van der Waals surface area contributed by atoms with Gasteiger partial charge in [-0.15, -0.1) is 0 Å². The first-order chi connectivity index (χ1) is 8.56. The largest absolute Gasteiger partial charge is 0.341 e. The summed E-state index contributed by atoms with van der Waals surface area (Å²) in [7, 11) is 2.05. The van der Waals surface area contributed by atoms with Crippen LogP contribution in [-0.4, -0.2) is 29.6 Å². The van der Waals surface area contributed by atoms with E-state index in [0.717, 1.165) is 31.0 Å². The Morgan fingerprint density at radius 3 is 2.33 bits per heavy atom. The van der Waals surface area contributed by atoms with Crippen molar-refractivity contribution in [1.29, 1.82) is 0 Å². The number of rotatable bonds is 7. The second-order valence-electron chi connectivity index (χ2n) is 5.16. The van der Waals surface area contributed by atoms with E-state index >= 15 is 0 Å². The molecule has 0 saturated heterocycles. The first-order valence-electron chi connectivity index (χ1n) is 6.80. The van der Waals surface area contributed by atoms with Crippen molar-refractivity contribution in [2.24, 2.45) is 5.92 Å². The van der Waals surface area contributed by atoms with Gasteiger partial charge in [0, 0.05) is 37.6 Å². The third-order valence-electron chi connectivity index (χ3n) is 3.34. The highest BCUT2D eigenvalue weighted by atomic mass is 15.2. The van der Waals surface area contributed by atoms with E-state index in [1.54, 1.807) is 0 Å². The van der Waals surface area contributed by atoms with Gasteiger partial charge in [0.05, 0.1) is 0 Å².